The number of hydrogen-bond acceptors (Lipinski definition) is 11. The van der Waals surface area contributed by atoms with E-state index in [1.54, 1.807) is 34.6 Å². The second-order valence-electron chi connectivity index (χ2n) is 12.9. The summed E-state index contributed by atoms with van der Waals surface area (Å²) >= 11 is 0. The van der Waals surface area contributed by atoms with Gasteiger partial charge in [-0.05, 0) is 18.8 Å². The third kappa shape index (κ3) is 19.3. The zero-order chi connectivity index (χ0) is 37.5. The third-order valence-electron chi connectivity index (χ3n) is 7.23. The number of amides is 7. The molecule has 1 aliphatic heterocycles. The Kier molecular flexibility index (Phi) is 21.4. The highest BCUT2D eigenvalue weighted by molar-refractivity contribution is 6.13. The molecule has 1 heterocycles. The number of imide groups is 1. The summed E-state index contributed by atoms with van der Waals surface area (Å²) in [7, 11) is 0. The van der Waals surface area contributed by atoms with Crippen LogP contribution in [-0.4, -0.2) is 131 Å². The zero-order valence-corrected chi connectivity index (χ0v) is 30.0. The minimum atomic E-state index is -0.855. The number of carbonyl (C=O) groups is 7. The van der Waals surface area contributed by atoms with Crippen molar-refractivity contribution in [1.82, 2.24) is 26.2 Å². The zero-order valence-electron chi connectivity index (χ0n) is 30.0. The fraction of sp³-hybridized carbons (Fsp3) is 0.727. The molecule has 7 amide bonds. The average Bonchev–Trinajstić information content (AvgIpc) is 3.36. The number of nitrogens with two attached hydrogens (primary N) is 1. The minimum Gasteiger partial charge on any atom is -0.379 e. The topological polar surface area (TPSA) is 234 Å². The van der Waals surface area contributed by atoms with Crippen molar-refractivity contribution in [3.8, 4) is 0 Å². The quantitative estimate of drug-likeness (QED) is 0.0541. The van der Waals surface area contributed by atoms with E-state index >= 15 is 0 Å². The maximum atomic E-state index is 13.1. The lowest BCUT2D eigenvalue weighted by molar-refractivity contribution is -0.137. The molecule has 50 heavy (non-hydrogen) atoms. The van der Waals surface area contributed by atoms with Crippen LogP contribution in [0.1, 0.15) is 60.3 Å². The lowest BCUT2D eigenvalue weighted by Gasteiger charge is -2.28. The summed E-state index contributed by atoms with van der Waals surface area (Å²) in [5.74, 6) is -2.36. The fourth-order valence-electron chi connectivity index (χ4n) is 4.49. The molecule has 2 atom stereocenters. The summed E-state index contributed by atoms with van der Waals surface area (Å²) in [5.41, 5.74) is 4.39. The van der Waals surface area contributed by atoms with Crippen LogP contribution < -0.4 is 27.0 Å². The maximum Gasteiger partial charge on any atom is 0.312 e. The van der Waals surface area contributed by atoms with Gasteiger partial charge >= 0.3 is 6.03 Å². The monoisotopic (exact) mass is 712 g/mol. The first-order valence-electron chi connectivity index (χ1n) is 16.9. The number of urea groups is 1. The van der Waals surface area contributed by atoms with Gasteiger partial charge in [0.25, 0.3) is 11.8 Å². The van der Waals surface area contributed by atoms with E-state index in [0.717, 1.165) is 4.90 Å². The molecule has 1 rings (SSSR count). The second-order valence-corrected chi connectivity index (χ2v) is 12.9. The van der Waals surface area contributed by atoms with Crippen molar-refractivity contribution in [2.75, 3.05) is 72.5 Å². The second kappa shape index (κ2) is 24.3. The van der Waals surface area contributed by atoms with Gasteiger partial charge in [0.15, 0.2) is 5.78 Å². The van der Waals surface area contributed by atoms with Crippen molar-refractivity contribution in [3.63, 3.8) is 0 Å². The Balaban J connectivity index is 2.13. The van der Waals surface area contributed by atoms with Gasteiger partial charge in [0.2, 0.25) is 17.7 Å². The molecule has 0 aromatic rings. The maximum absolute atomic E-state index is 13.1. The van der Waals surface area contributed by atoms with Gasteiger partial charge in [-0.25, -0.2) is 4.79 Å². The number of ether oxygens (including phenoxy) is 4. The number of nitrogens with zero attached hydrogens (tertiary/aromatic N) is 1. The number of hydrogen-bond donors (Lipinski definition) is 5. The molecule has 0 saturated heterocycles. The van der Waals surface area contributed by atoms with Crippen molar-refractivity contribution >= 4 is 41.4 Å². The summed E-state index contributed by atoms with van der Waals surface area (Å²) in [6.07, 6.45) is 3.14. The molecule has 0 aromatic heterocycles. The van der Waals surface area contributed by atoms with Crippen LogP contribution in [0.5, 0.6) is 0 Å². The van der Waals surface area contributed by atoms with Gasteiger partial charge in [0.05, 0.1) is 58.9 Å². The van der Waals surface area contributed by atoms with Gasteiger partial charge < -0.3 is 45.9 Å². The van der Waals surface area contributed by atoms with Crippen LogP contribution in [0, 0.1) is 11.3 Å². The minimum absolute atomic E-state index is 0.0214. The van der Waals surface area contributed by atoms with Gasteiger partial charge in [-0.2, -0.15) is 0 Å². The Morgan fingerprint density at radius 2 is 1.28 bits per heavy atom. The highest BCUT2D eigenvalue weighted by Crippen LogP contribution is 2.19. The van der Waals surface area contributed by atoms with E-state index in [9.17, 15) is 33.6 Å². The molecule has 0 radical (unpaired) electrons. The molecule has 0 aliphatic carbocycles. The van der Waals surface area contributed by atoms with Crippen LogP contribution in [0.25, 0.3) is 0 Å². The van der Waals surface area contributed by atoms with Crippen LogP contribution in [0.2, 0.25) is 0 Å². The van der Waals surface area contributed by atoms with E-state index in [4.69, 9.17) is 24.7 Å². The molecule has 6 N–H and O–H groups in total. The van der Waals surface area contributed by atoms with Gasteiger partial charge in [-0.3, -0.25) is 33.7 Å². The SMILES string of the molecule is CC(C)[C@H](NC(=O)CCOCCOCCOCCOCCNC(=O)CCN1C(=O)C=CC1=O)C(=O)N[C@@H](CCCNC(N)=O)C(=O)C(C)(C)C. The van der Waals surface area contributed by atoms with Gasteiger partial charge in [0, 0.05) is 50.0 Å². The van der Waals surface area contributed by atoms with Gasteiger partial charge in [-0.15, -0.1) is 0 Å². The molecule has 1 aliphatic rings. The molecule has 0 fully saturated rings. The molecular formula is C33H56N6O11. The molecule has 0 saturated carbocycles. The van der Waals surface area contributed by atoms with E-state index in [2.05, 4.69) is 21.3 Å². The highest BCUT2D eigenvalue weighted by atomic mass is 16.6. The molecule has 17 heteroatoms. The summed E-state index contributed by atoms with van der Waals surface area (Å²) in [5, 5.41) is 10.6. The van der Waals surface area contributed by atoms with Crippen LogP contribution >= 0.6 is 0 Å². The predicted molar refractivity (Wildman–Crippen MR) is 181 cm³/mol. The molecule has 17 nitrogen and oxygen atoms in total. The number of nitrogens with one attached hydrogen (secondary N) is 4. The van der Waals surface area contributed by atoms with Crippen molar-refractivity contribution in [2.24, 2.45) is 17.1 Å². The van der Waals surface area contributed by atoms with Gasteiger partial charge in [0.1, 0.15) is 6.04 Å². The van der Waals surface area contributed by atoms with Crippen LogP contribution in [0.4, 0.5) is 4.79 Å². The van der Waals surface area contributed by atoms with Crippen molar-refractivity contribution in [2.45, 2.75) is 72.4 Å². The van der Waals surface area contributed by atoms with Crippen LogP contribution in [0.15, 0.2) is 12.2 Å². The first-order valence-corrected chi connectivity index (χ1v) is 16.9. The third-order valence-corrected chi connectivity index (χ3v) is 7.23. The molecule has 0 spiro atoms. The first-order chi connectivity index (χ1) is 23.6. The van der Waals surface area contributed by atoms with Crippen LogP contribution in [-0.2, 0) is 47.7 Å². The number of Topliss-reactive ketones (excluding diaryl/α,β-unsaturated/α-hetero) is 1. The standard InChI is InChI=1S/C33H56N6O11/c1-23(2)29(31(45)37-24(30(44)33(3,4)5)7-6-12-36-32(34)46)38-26(41)11-15-47-17-19-49-21-22-50-20-18-48-16-13-35-25(40)10-14-39-27(42)8-9-28(39)43/h8-9,23-24,29H,6-7,10-22H2,1-5H3,(H,35,40)(H,37,45)(H,38,41)(H3,34,36,46)/t24-,29-/m0/s1. The molecule has 0 bridgehead atoms. The Hall–Kier alpha value is -3.93. The summed E-state index contributed by atoms with van der Waals surface area (Å²) in [6.45, 7) is 11.8. The fourth-order valence-corrected chi connectivity index (χ4v) is 4.49. The molecule has 0 unspecified atom stereocenters. The lowest BCUT2D eigenvalue weighted by Crippen LogP contribution is -2.55. The van der Waals surface area contributed by atoms with Crippen LogP contribution in [0.3, 0.4) is 0 Å². The lowest BCUT2D eigenvalue weighted by atomic mass is 9.84. The van der Waals surface area contributed by atoms with E-state index in [1.807, 2.05) is 0 Å². The van der Waals surface area contributed by atoms with E-state index in [1.165, 1.54) is 12.2 Å². The van der Waals surface area contributed by atoms with Crippen molar-refractivity contribution < 1.29 is 52.5 Å². The molecular weight excluding hydrogens is 656 g/mol. The summed E-state index contributed by atoms with van der Waals surface area (Å²) < 4.78 is 21.7. The van der Waals surface area contributed by atoms with E-state index in [0.29, 0.717) is 45.9 Å². The average molecular weight is 713 g/mol. The Bertz CT molecular complexity index is 1140. The van der Waals surface area contributed by atoms with E-state index in [-0.39, 0.29) is 75.8 Å². The molecule has 0 aromatic carbocycles. The summed E-state index contributed by atoms with van der Waals surface area (Å²) in [4.78, 5) is 85.4. The number of carbonyl (C=O) groups excluding carboxylic acids is 7. The normalized spacial score (nSPS) is 14.1. The highest BCUT2D eigenvalue weighted by Gasteiger charge is 2.33. The Morgan fingerprint density at radius 1 is 0.740 bits per heavy atom. The Labute approximate surface area is 294 Å². The van der Waals surface area contributed by atoms with E-state index < -0.39 is 41.3 Å². The molecule has 284 valence electrons. The summed E-state index contributed by atoms with van der Waals surface area (Å²) in [6, 6.07) is -2.31. The van der Waals surface area contributed by atoms with Crippen molar-refractivity contribution in [3.05, 3.63) is 12.2 Å². The first kappa shape index (κ1) is 44.1. The number of ketones is 1. The largest absolute Gasteiger partial charge is 0.379 e. The predicted octanol–water partition coefficient (Wildman–Crippen LogP) is -0.436. The number of primary amides is 1. The smallest absolute Gasteiger partial charge is 0.312 e. The number of rotatable bonds is 27. The Morgan fingerprint density at radius 3 is 1.80 bits per heavy atom. The van der Waals surface area contributed by atoms with Gasteiger partial charge in [-0.1, -0.05) is 34.6 Å². The van der Waals surface area contributed by atoms with Crippen molar-refractivity contribution in [1.29, 1.82) is 0 Å².